The van der Waals surface area contributed by atoms with Gasteiger partial charge in [0.05, 0.1) is 5.56 Å². The van der Waals surface area contributed by atoms with Crippen LogP contribution in [0.2, 0.25) is 0 Å². The normalized spacial score (nSPS) is 20.6. The fourth-order valence-corrected chi connectivity index (χ4v) is 3.83. The molecule has 5 nitrogen and oxygen atoms in total. The first-order valence-corrected chi connectivity index (χ1v) is 8.68. The Hall–Kier alpha value is -2.02. The van der Waals surface area contributed by atoms with Crippen molar-refractivity contribution in [2.24, 2.45) is 5.92 Å². The molecule has 1 aromatic carbocycles. The minimum Gasteiger partial charge on any atom is -0.480 e. The zero-order chi connectivity index (χ0) is 18.0. The zero-order valence-electron chi connectivity index (χ0n) is 14.0. The number of carbonyl (C=O) groups is 2. The number of piperidine rings is 1. The molecule has 0 saturated carbocycles. The van der Waals surface area contributed by atoms with Crippen LogP contribution in [0, 0.1) is 17.6 Å². The highest BCUT2D eigenvalue weighted by Gasteiger charge is 2.37. The van der Waals surface area contributed by atoms with Crippen molar-refractivity contribution in [2.75, 3.05) is 26.2 Å². The molecule has 0 radical (unpaired) electrons. The third-order valence-corrected chi connectivity index (χ3v) is 5.17. The Labute approximate surface area is 145 Å². The minimum atomic E-state index is -1.37. The van der Waals surface area contributed by atoms with Gasteiger partial charge in [-0.3, -0.25) is 14.5 Å². The third-order valence-electron chi connectivity index (χ3n) is 5.17. The quantitative estimate of drug-likeness (QED) is 0.904. The number of benzene rings is 1. The van der Waals surface area contributed by atoms with Crippen molar-refractivity contribution in [3.05, 3.63) is 35.4 Å². The summed E-state index contributed by atoms with van der Waals surface area (Å²) in [4.78, 5) is 27.6. The largest absolute Gasteiger partial charge is 0.480 e. The minimum absolute atomic E-state index is 0.126. The summed E-state index contributed by atoms with van der Waals surface area (Å²) in [5.41, 5.74) is -0.431. The Morgan fingerprint density at radius 1 is 1.04 bits per heavy atom. The van der Waals surface area contributed by atoms with Crippen LogP contribution in [0.5, 0.6) is 0 Å². The highest BCUT2D eigenvalue weighted by molar-refractivity contribution is 5.79. The van der Waals surface area contributed by atoms with Crippen molar-refractivity contribution < 1.29 is 23.5 Å². The van der Waals surface area contributed by atoms with Gasteiger partial charge < -0.3 is 10.0 Å². The van der Waals surface area contributed by atoms with Gasteiger partial charge in [-0.2, -0.15) is 0 Å². The van der Waals surface area contributed by atoms with E-state index in [1.807, 2.05) is 4.90 Å². The molecular formula is C18H22F2N2O3. The van der Waals surface area contributed by atoms with Crippen LogP contribution in [0.1, 0.15) is 37.3 Å². The first kappa shape index (κ1) is 17.8. The van der Waals surface area contributed by atoms with Gasteiger partial charge in [-0.05, 0) is 37.8 Å². The van der Waals surface area contributed by atoms with E-state index in [2.05, 4.69) is 0 Å². The van der Waals surface area contributed by atoms with E-state index in [1.165, 1.54) is 6.07 Å². The van der Waals surface area contributed by atoms with E-state index in [0.29, 0.717) is 25.9 Å². The molecule has 0 bridgehead atoms. The Morgan fingerprint density at radius 2 is 1.60 bits per heavy atom. The first-order valence-electron chi connectivity index (χ1n) is 8.68. The lowest BCUT2D eigenvalue weighted by molar-refractivity contribution is -0.145. The molecule has 25 heavy (non-hydrogen) atoms. The van der Waals surface area contributed by atoms with Gasteiger partial charge in [-0.15, -0.1) is 0 Å². The zero-order valence-corrected chi connectivity index (χ0v) is 14.0. The highest BCUT2D eigenvalue weighted by Crippen LogP contribution is 2.31. The van der Waals surface area contributed by atoms with Crippen LogP contribution in [-0.4, -0.2) is 53.0 Å². The molecule has 136 valence electrons. The van der Waals surface area contributed by atoms with Crippen LogP contribution in [-0.2, 0) is 9.59 Å². The standard InChI is InChI=1S/C18H22F2N2O3/c19-13-4-3-5-14(20)15(13)16(18(24)25)21-10-6-12(7-11-21)17(23)22-8-1-2-9-22/h3-5,12,16H,1-2,6-11H2,(H,24,25). The summed E-state index contributed by atoms with van der Waals surface area (Å²) in [5, 5.41) is 9.53. The molecule has 2 heterocycles. The molecule has 1 aromatic rings. The van der Waals surface area contributed by atoms with E-state index in [4.69, 9.17) is 0 Å². The van der Waals surface area contributed by atoms with Gasteiger partial charge >= 0.3 is 5.97 Å². The molecular weight excluding hydrogens is 330 g/mol. The first-order chi connectivity index (χ1) is 12.0. The molecule has 2 saturated heterocycles. The summed E-state index contributed by atoms with van der Waals surface area (Å²) >= 11 is 0. The Bertz CT molecular complexity index is 633. The Balaban J connectivity index is 1.71. The van der Waals surface area contributed by atoms with Crippen molar-refractivity contribution in [1.82, 2.24) is 9.80 Å². The Kier molecular flexibility index (Phi) is 5.32. The number of rotatable bonds is 4. The lowest BCUT2D eigenvalue weighted by atomic mass is 9.92. The summed E-state index contributed by atoms with van der Waals surface area (Å²) in [7, 11) is 0. The van der Waals surface area contributed by atoms with E-state index in [0.717, 1.165) is 38.1 Å². The second-order valence-electron chi connectivity index (χ2n) is 6.72. The average molecular weight is 352 g/mol. The third kappa shape index (κ3) is 3.66. The number of carboxylic acids is 1. The van der Waals surface area contributed by atoms with Crippen molar-refractivity contribution in [1.29, 1.82) is 0 Å². The molecule has 0 aliphatic carbocycles. The van der Waals surface area contributed by atoms with Crippen molar-refractivity contribution in [3.8, 4) is 0 Å². The van der Waals surface area contributed by atoms with Gasteiger partial charge in [0.15, 0.2) is 0 Å². The van der Waals surface area contributed by atoms with E-state index >= 15 is 0 Å². The van der Waals surface area contributed by atoms with Crippen molar-refractivity contribution in [3.63, 3.8) is 0 Å². The number of hydrogen-bond acceptors (Lipinski definition) is 3. The molecule has 0 aromatic heterocycles. The molecule has 1 N–H and O–H groups in total. The van der Waals surface area contributed by atoms with Crippen LogP contribution in [0.25, 0.3) is 0 Å². The van der Waals surface area contributed by atoms with Gasteiger partial charge in [-0.25, -0.2) is 8.78 Å². The fourth-order valence-electron chi connectivity index (χ4n) is 3.83. The van der Waals surface area contributed by atoms with Crippen molar-refractivity contribution >= 4 is 11.9 Å². The SMILES string of the molecule is O=C(O)C(c1c(F)cccc1F)N1CCC(C(=O)N2CCCC2)CC1. The van der Waals surface area contributed by atoms with E-state index < -0.39 is 29.2 Å². The maximum atomic E-state index is 14.0. The highest BCUT2D eigenvalue weighted by atomic mass is 19.1. The monoisotopic (exact) mass is 352 g/mol. The number of likely N-dealkylation sites (tertiary alicyclic amines) is 2. The maximum absolute atomic E-state index is 14.0. The second-order valence-corrected chi connectivity index (χ2v) is 6.72. The van der Waals surface area contributed by atoms with Gasteiger partial charge in [-0.1, -0.05) is 6.07 Å². The van der Waals surface area contributed by atoms with Crippen LogP contribution in [0.3, 0.4) is 0 Å². The lowest BCUT2D eigenvalue weighted by Gasteiger charge is -2.36. The van der Waals surface area contributed by atoms with Crippen LogP contribution in [0.15, 0.2) is 18.2 Å². The van der Waals surface area contributed by atoms with Crippen LogP contribution >= 0.6 is 0 Å². The number of amides is 1. The van der Waals surface area contributed by atoms with Gasteiger partial charge in [0, 0.05) is 32.1 Å². The number of aliphatic carboxylic acids is 1. The van der Waals surface area contributed by atoms with Crippen molar-refractivity contribution in [2.45, 2.75) is 31.7 Å². The summed E-state index contributed by atoms with van der Waals surface area (Å²) in [5.74, 6) is -3.01. The maximum Gasteiger partial charge on any atom is 0.325 e. The van der Waals surface area contributed by atoms with E-state index in [-0.39, 0.29) is 11.8 Å². The smallest absolute Gasteiger partial charge is 0.325 e. The number of halogens is 2. The number of hydrogen-bond donors (Lipinski definition) is 1. The van der Waals surface area contributed by atoms with Crippen LogP contribution in [0.4, 0.5) is 8.78 Å². The van der Waals surface area contributed by atoms with Crippen LogP contribution < -0.4 is 0 Å². The topological polar surface area (TPSA) is 60.9 Å². The predicted molar refractivity (Wildman–Crippen MR) is 86.8 cm³/mol. The molecule has 1 unspecified atom stereocenters. The summed E-state index contributed by atoms with van der Waals surface area (Å²) in [6.45, 7) is 2.23. The molecule has 2 aliphatic rings. The number of nitrogens with zero attached hydrogens (tertiary/aromatic N) is 2. The molecule has 2 aliphatic heterocycles. The lowest BCUT2D eigenvalue weighted by Crippen LogP contribution is -2.45. The summed E-state index contributed by atoms with van der Waals surface area (Å²) in [6, 6.07) is 1.98. The number of carboxylic acid groups (broad SMARTS) is 1. The van der Waals surface area contributed by atoms with E-state index in [1.54, 1.807) is 4.90 Å². The predicted octanol–water partition coefficient (Wildman–Crippen LogP) is 2.42. The molecule has 2 fully saturated rings. The second kappa shape index (κ2) is 7.47. The summed E-state index contributed by atoms with van der Waals surface area (Å²) < 4.78 is 28.1. The molecule has 1 atom stereocenters. The fraction of sp³-hybridized carbons (Fsp3) is 0.556. The summed E-state index contributed by atoms with van der Waals surface area (Å²) in [6.07, 6.45) is 3.07. The molecule has 3 rings (SSSR count). The van der Waals surface area contributed by atoms with Gasteiger partial charge in [0.25, 0.3) is 0 Å². The average Bonchev–Trinajstić information content (AvgIpc) is 3.12. The number of carbonyl (C=O) groups excluding carboxylic acids is 1. The molecule has 7 heteroatoms. The molecule has 0 spiro atoms. The van der Waals surface area contributed by atoms with E-state index in [9.17, 15) is 23.5 Å². The van der Waals surface area contributed by atoms with Gasteiger partial charge in [0.2, 0.25) is 5.91 Å². The van der Waals surface area contributed by atoms with Gasteiger partial charge in [0.1, 0.15) is 17.7 Å². The molecule has 1 amide bonds. The Morgan fingerprint density at radius 3 is 2.12 bits per heavy atom.